The highest BCUT2D eigenvalue weighted by molar-refractivity contribution is 7.91. The number of benzene rings is 1. The van der Waals surface area contributed by atoms with Crippen LogP contribution in [0.2, 0.25) is 0 Å². The highest BCUT2D eigenvalue weighted by Crippen LogP contribution is 2.19. The van der Waals surface area contributed by atoms with Crippen LogP contribution in [-0.2, 0) is 16.3 Å². The highest BCUT2D eigenvalue weighted by Gasteiger charge is 2.33. The third kappa shape index (κ3) is 4.19. The summed E-state index contributed by atoms with van der Waals surface area (Å²) in [5.74, 6) is 0.354. The van der Waals surface area contributed by atoms with E-state index in [1.54, 1.807) is 7.05 Å². The SMILES string of the molecule is CCc1ccc(Nc2cnc(C(=O)N(C)C3CCS(=O)(=O)C3)cn2)cc1. The molecule has 1 saturated heterocycles. The molecule has 1 unspecified atom stereocenters. The second-order valence-electron chi connectivity index (χ2n) is 6.44. The number of hydrogen-bond acceptors (Lipinski definition) is 6. The van der Waals surface area contributed by atoms with Crippen LogP contribution in [0.25, 0.3) is 0 Å². The Morgan fingerprint density at radius 2 is 1.96 bits per heavy atom. The van der Waals surface area contributed by atoms with Gasteiger partial charge in [0.2, 0.25) is 0 Å². The second-order valence-corrected chi connectivity index (χ2v) is 8.66. The Kier molecular flexibility index (Phi) is 5.22. The normalized spacial score (nSPS) is 18.5. The van der Waals surface area contributed by atoms with Crippen molar-refractivity contribution in [2.24, 2.45) is 0 Å². The van der Waals surface area contributed by atoms with Gasteiger partial charge in [-0.1, -0.05) is 19.1 Å². The maximum absolute atomic E-state index is 12.5. The van der Waals surface area contributed by atoms with E-state index in [0.29, 0.717) is 12.2 Å². The van der Waals surface area contributed by atoms with E-state index < -0.39 is 9.84 Å². The molecule has 138 valence electrons. The molecule has 0 spiro atoms. The number of nitrogens with one attached hydrogen (secondary N) is 1. The molecule has 2 heterocycles. The molecule has 1 atom stereocenters. The number of sulfone groups is 1. The van der Waals surface area contributed by atoms with Crippen molar-refractivity contribution in [1.29, 1.82) is 0 Å². The zero-order chi connectivity index (χ0) is 18.7. The first-order valence-corrected chi connectivity index (χ1v) is 10.4. The number of aryl methyl sites for hydroxylation is 1. The van der Waals surface area contributed by atoms with Gasteiger partial charge < -0.3 is 10.2 Å². The number of aromatic nitrogens is 2. The lowest BCUT2D eigenvalue weighted by Crippen LogP contribution is -2.38. The van der Waals surface area contributed by atoms with Gasteiger partial charge in [-0.25, -0.2) is 18.4 Å². The highest BCUT2D eigenvalue weighted by atomic mass is 32.2. The van der Waals surface area contributed by atoms with Gasteiger partial charge in [0.15, 0.2) is 9.84 Å². The molecule has 0 radical (unpaired) electrons. The van der Waals surface area contributed by atoms with Crippen LogP contribution in [-0.4, -0.2) is 53.8 Å². The molecule has 1 aliphatic rings. The third-order valence-electron chi connectivity index (χ3n) is 4.58. The third-order valence-corrected chi connectivity index (χ3v) is 6.33. The minimum Gasteiger partial charge on any atom is -0.339 e. The van der Waals surface area contributed by atoms with Crippen molar-refractivity contribution >= 4 is 27.2 Å². The van der Waals surface area contributed by atoms with Crippen LogP contribution in [0.5, 0.6) is 0 Å². The van der Waals surface area contributed by atoms with Gasteiger partial charge in [0.1, 0.15) is 11.5 Å². The van der Waals surface area contributed by atoms with Gasteiger partial charge in [-0.15, -0.1) is 0 Å². The van der Waals surface area contributed by atoms with Crippen LogP contribution in [0.4, 0.5) is 11.5 Å². The summed E-state index contributed by atoms with van der Waals surface area (Å²) in [6, 6.07) is 7.71. The van der Waals surface area contributed by atoms with Crippen molar-refractivity contribution in [1.82, 2.24) is 14.9 Å². The number of rotatable bonds is 5. The summed E-state index contributed by atoms with van der Waals surface area (Å²) >= 11 is 0. The second kappa shape index (κ2) is 7.41. The number of hydrogen-bond donors (Lipinski definition) is 1. The first-order chi connectivity index (χ1) is 12.4. The largest absolute Gasteiger partial charge is 0.339 e. The lowest BCUT2D eigenvalue weighted by molar-refractivity contribution is 0.0741. The maximum Gasteiger partial charge on any atom is 0.274 e. The number of anilines is 2. The Morgan fingerprint density at radius 3 is 2.50 bits per heavy atom. The monoisotopic (exact) mass is 374 g/mol. The van der Waals surface area contributed by atoms with Crippen molar-refractivity contribution in [3.8, 4) is 0 Å². The van der Waals surface area contributed by atoms with Crippen LogP contribution in [0, 0.1) is 0 Å². The topological polar surface area (TPSA) is 92.3 Å². The van der Waals surface area contributed by atoms with Crippen LogP contribution >= 0.6 is 0 Å². The molecular weight excluding hydrogens is 352 g/mol. The predicted octanol–water partition coefficient (Wildman–Crippen LogP) is 2.04. The van der Waals surface area contributed by atoms with Gasteiger partial charge in [-0.05, 0) is 30.5 Å². The molecule has 3 rings (SSSR count). The van der Waals surface area contributed by atoms with Gasteiger partial charge in [0.25, 0.3) is 5.91 Å². The molecule has 26 heavy (non-hydrogen) atoms. The van der Waals surface area contributed by atoms with Crippen molar-refractivity contribution in [3.63, 3.8) is 0 Å². The van der Waals surface area contributed by atoms with Gasteiger partial charge in [0, 0.05) is 18.8 Å². The van der Waals surface area contributed by atoms with Crippen molar-refractivity contribution in [2.45, 2.75) is 25.8 Å². The first kappa shape index (κ1) is 18.3. The summed E-state index contributed by atoms with van der Waals surface area (Å²) in [4.78, 5) is 22.3. The minimum atomic E-state index is -3.04. The molecular formula is C18H22N4O3S. The van der Waals surface area contributed by atoms with Crippen molar-refractivity contribution in [3.05, 3.63) is 47.9 Å². The first-order valence-electron chi connectivity index (χ1n) is 8.53. The smallest absolute Gasteiger partial charge is 0.274 e. The molecule has 0 aliphatic carbocycles. The zero-order valence-electron chi connectivity index (χ0n) is 14.8. The van der Waals surface area contributed by atoms with Gasteiger partial charge in [-0.3, -0.25) is 4.79 Å². The van der Waals surface area contributed by atoms with E-state index in [0.717, 1.165) is 12.1 Å². The average molecular weight is 374 g/mol. The summed E-state index contributed by atoms with van der Waals surface area (Å²) in [5.41, 5.74) is 2.34. The summed E-state index contributed by atoms with van der Waals surface area (Å²) in [6.45, 7) is 2.10. The van der Waals surface area contributed by atoms with Crippen molar-refractivity contribution < 1.29 is 13.2 Å². The number of carbonyl (C=O) groups excluding carboxylic acids is 1. The summed E-state index contributed by atoms with van der Waals surface area (Å²) in [6.07, 6.45) is 4.35. The van der Waals surface area contributed by atoms with Gasteiger partial charge in [-0.2, -0.15) is 0 Å². The Morgan fingerprint density at radius 1 is 1.23 bits per heavy atom. The minimum absolute atomic E-state index is 0.00998. The molecule has 7 nitrogen and oxygen atoms in total. The molecule has 1 fully saturated rings. The Bertz CT molecular complexity index is 880. The van der Waals surface area contributed by atoms with Gasteiger partial charge >= 0.3 is 0 Å². The number of nitrogens with zero attached hydrogens (tertiary/aromatic N) is 3. The van der Waals surface area contributed by atoms with E-state index in [-0.39, 0.29) is 29.1 Å². The lowest BCUT2D eigenvalue weighted by Gasteiger charge is -2.22. The molecule has 1 amide bonds. The van der Waals surface area contributed by atoms with Gasteiger partial charge in [0.05, 0.1) is 23.9 Å². The molecule has 8 heteroatoms. The van der Waals surface area contributed by atoms with Crippen LogP contribution in [0.3, 0.4) is 0 Å². The molecule has 1 aromatic carbocycles. The molecule has 2 aromatic rings. The maximum atomic E-state index is 12.5. The summed E-state index contributed by atoms with van der Waals surface area (Å²) < 4.78 is 23.2. The van der Waals surface area contributed by atoms with E-state index >= 15 is 0 Å². The van der Waals surface area contributed by atoms with E-state index in [2.05, 4.69) is 22.2 Å². The molecule has 1 N–H and O–H groups in total. The Hall–Kier alpha value is -2.48. The summed E-state index contributed by atoms with van der Waals surface area (Å²) in [7, 11) is -1.43. The summed E-state index contributed by atoms with van der Waals surface area (Å²) in [5, 5.41) is 3.14. The molecule has 1 aromatic heterocycles. The quantitative estimate of drug-likeness (QED) is 0.861. The van der Waals surface area contributed by atoms with Crippen LogP contribution in [0.1, 0.15) is 29.4 Å². The van der Waals surface area contributed by atoms with E-state index in [9.17, 15) is 13.2 Å². The average Bonchev–Trinajstić information content (AvgIpc) is 3.01. The lowest BCUT2D eigenvalue weighted by atomic mass is 10.1. The van der Waals surface area contributed by atoms with E-state index in [1.807, 2.05) is 24.3 Å². The fraction of sp³-hybridized carbons (Fsp3) is 0.389. The molecule has 1 aliphatic heterocycles. The zero-order valence-corrected chi connectivity index (χ0v) is 15.7. The Balaban J connectivity index is 1.65. The predicted molar refractivity (Wildman–Crippen MR) is 100 cm³/mol. The number of amides is 1. The van der Waals surface area contributed by atoms with Crippen molar-refractivity contribution in [2.75, 3.05) is 23.9 Å². The number of carbonyl (C=O) groups is 1. The van der Waals surface area contributed by atoms with E-state index in [4.69, 9.17) is 0 Å². The Labute approximate surface area is 153 Å². The molecule has 0 saturated carbocycles. The molecule has 0 bridgehead atoms. The van der Waals surface area contributed by atoms with Crippen LogP contribution in [0.15, 0.2) is 36.7 Å². The van der Waals surface area contributed by atoms with Crippen LogP contribution < -0.4 is 5.32 Å². The fourth-order valence-corrected chi connectivity index (χ4v) is 4.68. The van der Waals surface area contributed by atoms with E-state index in [1.165, 1.54) is 22.9 Å². The standard InChI is InChI=1S/C18H22N4O3S/c1-3-13-4-6-14(7-5-13)21-17-11-19-16(10-20-17)18(23)22(2)15-8-9-26(24,25)12-15/h4-7,10-11,15H,3,8-9,12H2,1-2H3,(H,20,21). The fourth-order valence-electron chi connectivity index (χ4n) is 2.90.